The number of benzene rings is 1. The van der Waals surface area contributed by atoms with Gasteiger partial charge in [-0.3, -0.25) is 0 Å². The molecule has 0 fully saturated rings. The Labute approximate surface area is 107 Å². The second-order valence-corrected chi connectivity index (χ2v) is 3.88. The minimum absolute atomic E-state index is 0.254. The van der Waals surface area contributed by atoms with Crippen LogP contribution in [-0.2, 0) is 6.18 Å². The van der Waals surface area contributed by atoms with Gasteiger partial charge in [0.05, 0.1) is 5.69 Å². The highest BCUT2D eigenvalue weighted by Crippen LogP contribution is 2.37. The van der Waals surface area contributed by atoms with Crippen LogP contribution in [0.1, 0.15) is 11.3 Å². The molecule has 0 atom stereocenters. The molecule has 20 heavy (non-hydrogen) atoms. The summed E-state index contributed by atoms with van der Waals surface area (Å²) in [7, 11) is 0. The number of aryl methyl sites for hydroxylation is 1. The molecule has 0 amide bonds. The van der Waals surface area contributed by atoms with Crippen molar-refractivity contribution < 1.29 is 30.7 Å². The topological polar surface area (TPSA) is 17.8 Å². The van der Waals surface area contributed by atoms with E-state index in [1.807, 2.05) is 0 Å². The Morgan fingerprint density at radius 3 is 1.80 bits per heavy atom. The first-order chi connectivity index (χ1) is 9.14. The zero-order chi connectivity index (χ0) is 15.2. The number of aromatic nitrogens is 2. The molecule has 108 valence electrons. The van der Waals surface area contributed by atoms with Gasteiger partial charge >= 0.3 is 6.18 Å². The van der Waals surface area contributed by atoms with Gasteiger partial charge in [0.2, 0.25) is 0 Å². The Kier molecular flexibility index (Phi) is 3.23. The Morgan fingerprint density at radius 1 is 0.950 bits per heavy atom. The lowest BCUT2D eigenvalue weighted by atomic mass is 10.1. The zero-order valence-electron chi connectivity index (χ0n) is 9.69. The van der Waals surface area contributed by atoms with E-state index in [0.717, 1.165) is 6.20 Å². The SMILES string of the molecule is Cc1ccn(-c2c(F)c(F)c(C(F)(F)F)c(F)c2F)n1. The average Bonchev–Trinajstić information content (AvgIpc) is 2.72. The summed E-state index contributed by atoms with van der Waals surface area (Å²) in [5.74, 6) is -9.36. The minimum Gasteiger partial charge on any atom is -0.235 e. The first-order valence-corrected chi connectivity index (χ1v) is 5.10. The molecule has 0 unspecified atom stereocenters. The summed E-state index contributed by atoms with van der Waals surface area (Å²) in [5.41, 5.74) is -3.70. The van der Waals surface area contributed by atoms with Gasteiger partial charge in [-0.2, -0.15) is 18.3 Å². The predicted octanol–water partition coefficient (Wildman–Crippen LogP) is 3.76. The smallest absolute Gasteiger partial charge is 0.235 e. The lowest BCUT2D eigenvalue weighted by Crippen LogP contribution is -2.18. The highest BCUT2D eigenvalue weighted by Gasteiger charge is 2.42. The summed E-state index contributed by atoms with van der Waals surface area (Å²) in [6, 6.07) is 1.26. The van der Waals surface area contributed by atoms with Crippen LogP contribution in [0.25, 0.3) is 5.69 Å². The van der Waals surface area contributed by atoms with Gasteiger partial charge in [0, 0.05) is 6.20 Å². The van der Waals surface area contributed by atoms with Crippen LogP contribution in [0.2, 0.25) is 0 Å². The van der Waals surface area contributed by atoms with E-state index in [1.165, 1.54) is 13.0 Å². The first-order valence-electron chi connectivity index (χ1n) is 5.10. The number of rotatable bonds is 1. The molecule has 0 aliphatic heterocycles. The average molecular weight is 298 g/mol. The van der Waals surface area contributed by atoms with E-state index in [0.29, 0.717) is 4.68 Å². The van der Waals surface area contributed by atoms with Gasteiger partial charge in [-0.05, 0) is 13.0 Å². The van der Waals surface area contributed by atoms with E-state index in [4.69, 9.17) is 0 Å². The van der Waals surface area contributed by atoms with Gasteiger partial charge < -0.3 is 0 Å². The second kappa shape index (κ2) is 4.50. The molecule has 0 bridgehead atoms. The first kappa shape index (κ1) is 14.4. The highest BCUT2D eigenvalue weighted by atomic mass is 19.4. The third kappa shape index (κ3) is 2.12. The summed E-state index contributed by atoms with van der Waals surface area (Å²) in [6.07, 6.45) is -4.60. The fraction of sp³-hybridized carbons (Fsp3) is 0.182. The molecule has 1 heterocycles. The number of hydrogen-bond acceptors (Lipinski definition) is 1. The Morgan fingerprint density at radius 2 is 1.45 bits per heavy atom. The molecule has 0 saturated carbocycles. The number of nitrogens with zero attached hydrogens (tertiary/aromatic N) is 2. The zero-order valence-corrected chi connectivity index (χ0v) is 9.69. The Bertz CT molecular complexity index is 643. The fourth-order valence-electron chi connectivity index (χ4n) is 1.61. The molecule has 0 aliphatic rings. The third-order valence-corrected chi connectivity index (χ3v) is 2.48. The highest BCUT2D eigenvalue weighted by molar-refractivity contribution is 5.41. The molecule has 0 radical (unpaired) electrons. The summed E-state index contributed by atoms with van der Waals surface area (Å²) < 4.78 is 91.4. The van der Waals surface area contributed by atoms with E-state index < -0.39 is 40.7 Å². The van der Waals surface area contributed by atoms with Crippen molar-refractivity contribution in [1.82, 2.24) is 9.78 Å². The maximum atomic E-state index is 13.6. The van der Waals surface area contributed by atoms with Crippen molar-refractivity contribution in [2.45, 2.75) is 13.1 Å². The van der Waals surface area contributed by atoms with Gasteiger partial charge in [-0.25, -0.2) is 22.2 Å². The van der Waals surface area contributed by atoms with Crippen molar-refractivity contribution in [2.24, 2.45) is 0 Å². The summed E-state index contributed by atoms with van der Waals surface area (Å²) in [5, 5.41) is 3.50. The second-order valence-electron chi connectivity index (χ2n) is 3.88. The largest absolute Gasteiger partial charge is 0.422 e. The van der Waals surface area contributed by atoms with Crippen molar-refractivity contribution in [3.63, 3.8) is 0 Å². The van der Waals surface area contributed by atoms with E-state index in [2.05, 4.69) is 5.10 Å². The predicted molar refractivity (Wildman–Crippen MR) is 53.1 cm³/mol. The van der Waals surface area contributed by atoms with Crippen LogP contribution in [0.5, 0.6) is 0 Å². The maximum Gasteiger partial charge on any atom is 0.422 e. The molecular formula is C11H5F7N2. The quantitative estimate of drug-likeness (QED) is 0.579. The maximum absolute atomic E-state index is 13.6. The molecule has 2 rings (SSSR count). The number of halogens is 7. The van der Waals surface area contributed by atoms with E-state index in [1.54, 1.807) is 0 Å². The molecule has 9 heteroatoms. The van der Waals surface area contributed by atoms with Crippen molar-refractivity contribution >= 4 is 0 Å². The molecule has 1 aromatic heterocycles. The summed E-state index contributed by atoms with van der Waals surface area (Å²) >= 11 is 0. The van der Waals surface area contributed by atoms with Crippen molar-refractivity contribution in [2.75, 3.05) is 0 Å². The molecule has 2 nitrogen and oxygen atoms in total. The molecule has 0 spiro atoms. The van der Waals surface area contributed by atoms with Crippen LogP contribution in [0.4, 0.5) is 30.7 Å². The van der Waals surface area contributed by atoms with Crippen LogP contribution in [0.15, 0.2) is 12.3 Å². The van der Waals surface area contributed by atoms with Crippen LogP contribution in [0.3, 0.4) is 0 Å². The number of hydrogen-bond donors (Lipinski definition) is 0. The normalized spacial score (nSPS) is 12.0. The summed E-state index contributed by atoms with van der Waals surface area (Å²) in [6.45, 7) is 1.42. The van der Waals surface area contributed by atoms with Crippen LogP contribution in [0, 0.1) is 30.2 Å². The van der Waals surface area contributed by atoms with E-state index in [9.17, 15) is 30.7 Å². The van der Waals surface area contributed by atoms with Gasteiger partial charge in [0.25, 0.3) is 0 Å². The van der Waals surface area contributed by atoms with Gasteiger partial charge in [-0.1, -0.05) is 0 Å². The Balaban J connectivity index is 2.81. The molecule has 2 aromatic rings. The van der Waals surface area contributed by atoms with Gasteiger partial charge in [0.15, 0.2) is 23.3 Å². The molecule has 1 aromatic carbocycles. The minimum atomic E-state index is -5.56. The van der Waals surface area contributed by atoms with Crippen molar-refractivity contribution in [3.05, 3.63) is 46.8 Å². The molecule has 0 N–H and O–H groups in total. The number of alkyl halides is 3. The lowest BCUT2D eigenvalue weighted by molar-refractivity contribution is -0.143. The monoisotopic (exact) mass is 298 g/mol. The lowest BCUT2D eigenvalue weighted by Gasteiger charge is -2.13. The van der Waals surface area contributed by atoms with Gasteiger partial charge in [0.1, 0.15) is 11.3 Å². The fourth-order valence-corrected chi connectivity index (χ4v) is 1.61. The van der Waals surface area contributed by atoms with Crippen molar-refractivity contribution in [1.29, 1.82) is 0 Å². The molecule has 0 saturated heterocycles. The van der Waals surface area contributed by atoms with Crippen LogP contribution < -0.4 is 0 Å². The van der Waals surface area contributed by atoms with Gasteiger partial charge in [-0.15, -0.1) is 0 Å². The van der Waals surface area contributed by atoms with E-state index in [-0.39, 0.29) is 5.69 Å². The standard InChI is InChI=1S/C11H5F7N2/c1-4-2-3-20(19-4)10-8(14)6(12)5(11(16,17)18)7(13)9(10)15/h2-3H,1H3. The Hall–Kier alpha value is -2.06. The van der Waals surface area contributed by atoms with Crippen molar-refractivity contribution in [3.8, 4) is 5.69 Å². The van der Waals surface area contributed by atoms with E-state index >= 15 is 0 Å². The van der Waals surface area contributed by atoms with Crippen LogP contribution in [-0.4, -0.2) is 9.78 Å². The third-order valence-electron chi connectivity index (χ3n) is 2.48. The summed E-state index contributed by atoms with van der Waals surface area (Å²) in [4.78, 5) is 0. The van der Waals surface area contributed by atoms with Crippen LogP contribution >= 0.6 is 0 Å². The molecular weight excluding hydrogens is 293 g/mol. The molecule has 0 aliphatic carbocycles.